The first-order valence-corrected chi connectivity index (χ1v) is 8.78. The maximum Gasteiger partial charge on any atom is 0.125 e. The lowest BCUT2D eigenvalue weighted by atomic mass is 9.97. The Kier molecular flexibility index (Phi) is 7.05. The quantitative estimate of drug-likeness (QED) is 0.682. The summed E-state index contributed by atoms with van der Waals surface area (Å²) < 4.78 is 13.4. The Morgan fingerprint density at radius 2 is 1.38 bits per heavy atom. The van der Waals surface area contributed by atoms with Gasteiger partial charge >= 0.3 is 0 Å². The van der Waals surface area contributed by atoms with Gasteiger partial charge in [-0.3, -0.25) is 0 Å². The standard InChI is InChI=1S/C19H30FN/c1-16-13-14-17(20)15-19(16)21-18-11-9-7-5-3-2-4-6-8-10-12-18/h13-15,18,21H,2-12H2,1H3. The molecule has 1 aromatic rings. The third kappa shape index (κ3) is 6.07. The molecule has 0 heterocycles. The first-order valence-electron chi connectivity index (χ1n) is 8.78. The molecule has 0 saturated heterocycles. The fourth-order valence-electron chi connectivity index (χ4n) is 3.28. The van der Waals surface area contributed by atoms with Crippen LogP contribution in [0.25, 0.3) is 0 Å². The van der Waals surface area contributed by atoms with Gasteiger partial charge < -0.3 is 5.32 Å². The van der Waals surface area contributed by atoms with Crippen LogP contribution in [0.5, 0.6) is 0 Å². The minimum absolute atomic E-state index is 0.142. The maximum atomic E-state index is 13.4. The number of hydrogen-bond acceptors (Lipinski definition) is 1. The number of halogens is 1. The highest BCUT2D eigenvalue weighted by atomic mass is 19.1. The van der Waals surface area contributed by atoms with E-state index >= 15 is 0 Å². The van der Waals surface area contributed by atoms with Gasteiger partial charge in [0.15, 0.2) is 0 Å². The van der Waals surface area contributed by atoms with Crippen molar-refractivity contribution >= 4 is 5.69 Å². The van der Waals surface area contributed by atoms with E-state index in [-0.39, 0.29) is 5.82 Å². The minimum Gasteiger partial charge on any atom is -0.382 e. The topological polar surface area (TPSA) is 12.0 Å². The number of anilines is 1. The second-order valence-electron chi connectivity index (χ2n) is 6.56. The smallest absolute Gasteiger partial charge is 0.125 e. The summed E-state index contributed by atoms with van der Waals surface area (Å²) in [7, 11) is 0. The number of rotatable bonds is 2. The van der Waals surface area contributed by atoms with E-state index in [0.29, 0.717) is 6.04 Å². The van der Waals surface area contributed by atoms with E-state index in [9.17, 15) is 4.39 Å². The van der Waals surface area contributed by atoms with Crippen LogP contribution in [0.15, 0.2) is 18.2 Å². The van der Waals surface area contributed by atoms with Crippen LogP contribution in [0, 0.1) is 12.7 Å². The van der Waals surface area contributed by atoms with E-state index in [1.54, 1.807) is 12.1 Å². The lowest BCUT2D eigenvalue weighted by Gasteiger charge is -2.22. The van der Waals surface area contributed by atoms with Gasteiger partial charge in [0.05, 0.1) is 0 Å². The lowest BCUT2D eigenvalue weighted by Crippen LogP contribution is -2.20. The van der Waals surface area contributed by atoms with Gasteiger partial charge in [-0.25, -0.2) is 4.39 Å². The molecule has 0 radical (unpaired) electrons. The van der Waals surface area contributed by atoms with Gasteiger partial charge in [-0.1, -0.05) is 63.9 Å². The average molecular weight is 291 g/mol. The Morgan fingerprint density at radius 1 is 0.857 bits per heavy atom. The van der Waals surface area contributed by atoms with Gasteiger partial charge in [-0.2, -0.15) is 0 Å². The third-order valence-corrected chi connectivity index (χ3v) is 4.66. The molecule has 1 aliphatic rings. The highest BCUT2D eigenvalue weighted by Crippen LogP contribution is 2.22. The van der Waals surface area contributed by atoms with Crippen molar-refractivity contribution < 1.29 is 4.39 Å². The second kappa shape index (κ2) is 9.07. The highest BCUT2D eigenvalue weighted by Gasteiger charge is 2.11. The predicted molar refractivity (Wildman–Crippen MR) is 89.3 cm³/mol. The first kappa shape index (κ1) is 16.3. The van der Waals surface area contributed by atoms with E-state index in [0.717, 1.165) is 11.3 Å². The number of hydrogen-bond donors (Lipinski definition) is 1. The van der Waals surface area contributed by atoms with Crippen molar-refractivity contribution in [2.24, 2.45) is 0 Å². The molecule has 2 heteroatoms. The zero-order valence-electron chi connectivity index (χ0n) is 13.5. The molecule has 0 atom stereocenters. The average Bonchev–Trinajstić information content (AvgIpc) is 2.45. The van der Waals surface area contributed by atoms with Crippen molar-refractivity contribution in [3.8, 4) is 0 Å². The zero-order chi connectivity index (χ0) is 14.9. The summed E-state index contributed by atoms with van der Waals surface area (Å²) in [5, 5.41) is 3.60. The van der Waals surface area contributed by atoms with Crippen molar-refractivity contribution in [2.45, 2.75) is 83.6 Å². The molecule has 1 nitrogen and oxygen atoms in total. The van der Waals surface area contributed by atoms with Crippen molar-refractivity contribution in [1.82, 2.24) is 0 Å². The van der Waals surface area contributed by atoms with E-state index in [4.69, 9.17) is 0 Å². The van der Waals surface area contributed by atoms with Crippen molar-refractivity contribution in [1.29, 1.82) is 0 Å². The number of benzene rings is 1. The molecular formula is C19H30FN. The van der Waals surface area contributed by atoms with Crippen molar-refractivity contribution in [2.75, 3.05) is 5.32 Å². The van der Waals surface area contributed by atoms with E-state index in [1.807, 2.05) is 6.07 Å². The molecule has 0 aliphatic heterocycles. The maximum absolute atomic E-state index is 13.4. The Balaban J connectivity index is 1.92. The third-order valence-electron chi connectivity index (χ3n) is 4.66. The normalized spacial score (nSPS) is 19.5. The number of nitrogens with one attached hydrogen (secondary N) is 1. The van der Waals surface area contributed by atoms with Gasteiger partial charge in [0.25, 0.3) is 0 Å². The summed E-state index contributed by atoms with van der Waals surface area (Å²) in [5.74, 6) is -0.142. The van der Waals surface area contributed by atoms with E-state index in [2.05, 4.69) is 12.2 Å². The first-order chi connectivity index (χ1) is 10.3. The molecule has 1 aliphatic carbocycles. The van der Waals surface area contributed by atoms with E-state index in [1.165, 1.54) is 70.6 Å². The largest absolute Gasteiger partial charge is 0.382 e. The van der Waals surface area contributed by atoms with Crippen LogP contribution >= 0.6 is 0 Å². The van der Waals surface area contributed by atoms with Gasteiger partial charge in [0.1, 0.15) is 5.82 Å². The van der Waals surface area contributed by atoms with Gasteiger partial charge in [-0.05, 0) is 37.5 Å². The Labute approximate surface area is 129 Å². The summed E-state index contributed by atoms with van der Waals surface area (Å²) in [6.45, 7) is 2.05. The molecule has 0 unspecified atom stereocenters. The fraction of sp³-hybridized carbons (Fsp3) is 0.684. The molecule has 2 rings (SSSR count). The van der Waals surface area contributed by atoms with Crippen LogP contribution in [0.3, 0.4) is 0 Å². The van der Waals surface area contributed by atoms with Gasteiger partial charge in [-0.15, -0.1) is 0 Å². The molecule has 0 bridgehead atoms. The molecule has 1 N–H and O–H groups in total. The van der Waals surface area contributed by atoms with Crippen LogP contribution in [-0.2, 0) is 0 Å². The minimum atomic E-state index is -0.142. The predicted octanol–water partition coefficient (Wildman–Crippen LogP) is 6.22. The van der Waals surface area contributed by atoms with Crippen LogP contribution in [0.4, 0.5) is 10.1 Å². The van der Waals surface area contributed by atoms with Gasteiger partial charge in [0.2, 0.25) is 0 Å². The molecule has 0 aromatic heterocycles. The van der Waals surface area contributed by atoms with Gasteiger partial charge in [0, 0.05) is 11.7 Å². The van der Waals surface area contributed by atoms with Crippen LogP contribution in [-0.4, -0.2) is 6.04 Å². The number of aryl methyl sites for hydroxylation is 1. The monoisotopic (exact) mass is 291 g/mol. The summed E-state index contributed by atoms with van der Waals surface area (Å²) in [6, 6.07) is 5.56. The van der Waals surface area contributed by atoms with Crippen molar-refractivity contribution in [3.05, 3.63) is 29.6 Å². The Hall–Kier alpha value is -1.05. The summed E-state index contributed by atoms with van der Waals surface area (Å²) in [4.78, 5) is 0. The van der Waals surface area contributed by atoms with Crippen LogP contribution in [0.1, 0.15) is 76.2 Å². The summed E-state index contributed by atoms with van der Waals surface area (Å²) in [6.07, 6.45) is 14.7. The Bertz CT molecular complexity index is 404. The summed E-state index contributed by atoms with van der Waals surface area (Å²) >= 11 is 0. The molecule has 1 aromatic carbocycles. The molecule has 0 spiro atoms. The molecular weight excluding hydrogens is 261 g/mol. The van der Waals surface area contributed by atoms with Crippen LogP contribution in [0.2, 0.25) is 0 Å². The SMILES string of the molecule is Cc1ccc(F)cc1NC1CCCCCCCCCCC1. The van der Waals surface area contributed by atoms with Crippen molar-refractivity contribution in [3.63, 3.8) is 0 Å². The molecule has 1 fully saturated rings. The molecule has 0 amide bonds. The summed E-state index contributed by atoms with van der Waals surface area (Å²) in [5.41, 5.74) is 2.12. The molecule has 1 saturated carbocycles. The molecule has 118 valence electrons. The second-order valence-corrected chi connectivity index (χ2v) is 6.56. The zero-order valence-corrected chi connectivity index (χ0v) is 13.5. The highest BCUT2D eigenvalue weighted by molar-refractivity contribution is 5.51. The Morgan fingerprint density at radius 3 is 1.95 bits per heavy atom. The van der Waals surface area contributed by atoms with E-state index < -0.39 is 0 Å². The lowest BCUT2D eigenvalue weighted by molar-refractivity contribution is 0.480. The van der Waals surface area contributed by atoms with Crippen LogP contribution < -0.4 is 5.32 Å². The molecule has 21 heavy (non-hydrogen) atoms. The fourth-order valence-corrected chi connectivity index (χ4v) is 3.28.